The highest BCUT2D eigenvalue weighted by atomic mass is 19.4. The van der Waals surface area contributed by atoms with E-state index in [0.29, 0.717) is 12.0 Å². The summed E-state index contributed by atoms with van der Waals surface area (Å²) in [7, 11) is 0. The number of benzene rings is 1. The minimum absolute atomic E-state index is 0.160. The molecule has 0 bridgehead atoms. The second-order valence-electron chi connectivity index (χ2n) is 5.15. The molecule has 2 rings (SSSR count). The number of hydrogen-bond donors (Lipinski definition) is 1. The highest BCUT2D eigenvalue weighted by molar-refractivity contribution is 5.32. The van der Waals surface area contributed by atoms with Crippen LogP contribution < -0.4 is 5.32 Å². The van der Waals surface area contributed by atoms with Crippen molar-refractivity contribution in [3.8, 4) is 0 Å². The maximum Gasteiger partial charge on any atom is 0.416 e. The fourth-order valence-electron chi connectivity index (χ4n) is 2.90. The van der Waals surface area contributed by atoms with Crippen LogP contribution in [0.2, 0.25) is 0 Å². The van der Waals surface area contributed by atoms with E-state index in [9.17, 15) is 13.2 Å². The summed E-state index contributed by atoms with van der Waals surface area (Å²) in [6.45, 7) is 5.37. The molecule has 1 N–H and O–H groups in total. The van der Waals surface area contributed by atoms with Crippen LogP contribution in [0.5, 0.6) is 0 Å². The van der Waals surface area contributed by atoms with Gasteiger partial charge >= 0.3 is 6.18 Å². The molecule has 0 radical (unpaired) electrons. The van der Waals surface area contributed by atoms with Gasteiger partial charge in [0.2, 0.25) is 0 Å². The van der Waals surface area contributed by atoms with E-state index in [1.807, 2.05) is 6.92 Å². The van der Waals surface area contributed by atoms with Crippen LogP contribution in [0, 0.1) is 0 Å². The van der Waals surface area contributed by atoms with Gasteiger partial charge in [0.25, 0.3) is 0 Å². The second-order valence-corrected chi connectivity index (χ2v) is 5.15. The van der Waals surface area contributed by atoms with Gasteiger partial charge in [0.1, 0.15) is 0 Å². The SMILES string of the molecule is CCC(c1ccccc1C(F)(F)F)N1CCCNCC1. The molecule has 0 aromatic heterocycles. The third-order valence-corrected chi connectivity index (χ3v) is 3.83. The molecular weight excluding hydrogens is 265 g/mol. The predicted octanol–water partition coefficient (Wildman–Crippen LogP) is 3.45. The van der Waals surface area contributed by atoms with E-state index in [4.69, 9.17) is 0 Å². The Morgan fingerprint density at radius 1 is 1.20 bits per heavy atom. The van der Waals surface area contributed by atoms with Gasteiger partial charge in [-0.1, -0.05) is 25.1 Å². The Labute approximate surface area is 118 Å². The zero-order valence-electron chi connectivity index (χ0n) is 11.7. The van der Waals surface area contributed by atoms with Crippen LogP contribution in [0.1, 0.15) is 36.9 Å². The largest absolute Gasteiger partial charge is 0.416 e. The van der Waals surface area contributed by atoms with Crippen molar-refractivity contribution in [2.45, 2.75) is 32.0 Å². The highest BCUT2D eigenvalue weighted by Crippen LogP contribution is 2.37. The van der Waals surface area contributed by atoms with Gasteiger partial charge in [-0.2, -0.15) is 13.2 Å². The first-order chi connectivity index (χ1) is 9.54. The topological polar surface area (TPSA) is 15.3 Å². The molecule has 0 amide bonds. The normalized spacial score (nSPS) is 19.6. The lowest BCUT2D eigenvalue weighted by Crippen LogP contribution is -2.33. The van der Waals surface area contributed by atoms with Gasteiger partial charge in [-0.25, -0.2) is 0 Å². The van der Waals surface area contributed by atoms with E-state index in [-0.39, 0.29) is 6.04 Å². The van der Waals surface area contributed by atoms with Crippen molar-refractivity contribution >= 4 is 0 Å². The molecule has 1 aliphatic heterocycles. The smallest absolute Gasteiger partial charge is 0.315 e. The zero-order valence-corrected chi connectivity index (χ0v) is 11.7. The first-order valence-corrected chi connectivity index (χ1v) is 7.15. The summed E-state index contributed by atoms with van der Waals surface area (Å²) in [5, 5.41) is 3.29. The van der Waals surface area contributed by atoms with E-state index in [2.05, 4.69) is 10.2 Å². The summed E-state index contributed by atoms with van der Waals surface area (Å²) in [5.74, 6) is 0. The van der Waals surface area contributed by atoms with Crippen molar-refractivity contribution in [3.63, 3.8) is 0 Å². The molecule has 1 saturated heterocycles. The number of nitrogens with zero attached hydrogens (tertiary/aromatic N) is 1. The summed E-state index contributed by atoms with van der Waals surface area (Å²) < 4.78 is 39.5. The third-order valence-electron chi connectivity index (χ3n) is 3.83. The highest BCUT2D eigenvalue weighted by Gasteiger charge is 2.35. The number of nitrogens with one attached hydrogen (secondary N) is 1. The molecule has 1 aromatic carbocycles. The number of alkyl halides is 3. The van der Waals surface area contributed by atoms with Crippen molar-refractivity contribution in [2.24, 2.45) is 0 Å². The Morgan fingerprint density at radius 2 is 1.95 bits per heavy atom. The monoisotopic (exact) mass is 286 g/mol. The molecule has 1 heterocycles. The molecule has 1 unspecified atom stereocenters. The van der Waals surface area contributed by atoms with Crippen LogP contribution in [0.3, 0.4) is 0 Å². The summed E-state index contributed by atoms with van der Waals surface area (Å²) in [4.78, 5) is 2.17. The Bertz CT molecular complexity index is 423. The van der Waals surface area contributed by atoms with Gasteiger partial charge in [-0.3, -0.25) is 4.90 Å². The Morgan fingerprint density at radius 3 is 2.65 bits per heavy atom. The number of rotatable bonds is 3. The van der Waals surface area contributed by atoms with Crippen LogP contribution in [0.4, 0.5) is 13.2 Å². The molecule has 5 heteroatoms. The quantitative estimate of drug-likeness (QED) is 0.915. The summed E-state index contributed by atoms with van der Waals surface area (Å²) >= 11 is 0. The lowest BCUT2D eigenvalue weighted by atomic mass is 9.96. The van der Waals surface area contributed by atoms with Crippen molar-refractivity contribution in [1.82, 2.24) is 10.2 Å². The van der Waals surface area contributed by atoms with E-state index in [0.717, 1.165) is 32.6 Å². The molecule has 1 aromatic rings. The Kier molecular flexibility index (Phi) is 5.05. The maximum absolute atomic E-state index is 13.2. The van der Waals surface area contributed by atoms with E-state index in [1.165, 1.54) is 12.1 Å². The minimum atomic E-state index is -4.28. The van der Waals surface area contributed by atoms with Crippen LogP contribution in [-0.4, -0.2) is 31.1 Å². The molecule has 0 spiro atoms. The summed E-state index contributed by atoms with van der Waals surface area (Å²) in [5.41, 5.74) is -0.0894. The molecule has 1 aliphatic rings. The van der Waals surface area contributed by atoms with E-state index in [1.54, 1.807) is 12.1 Å². The van der Waals surface area contributed by atoms with Gasteiger partial charge in [-0.05, 0) is 31.0 Å². The minimum Gasteiger partial charge on any atom is -0.315 e. The lowest BCUT2D eigenvalue weighted by molar-refractivity contribution is -0.138. The molecule has 112 valence electrons. The van der Waals surface area contributed by atoms with Crippen LogP contribution in [0.25, 0.3) is 0 Å². The molecule has 0 saturated carbocycles. The van der Waals surface area contributed by atoms with Crippen molar-refractivity contribution in [1.29, 1.82) is 0 Å². The molecule has 2 nitrogen and oxygen atoms in total. The van der Waals surface area contributed by atoms with Crippen LogP contribution in [0.15, 0.2) is 24.3 Å². The Balaban J connectivity index is 2.31. The molecule has 20 heavy (non-hydrogen) atoms. The average molecular weight is 286 g/mol. The lowest BCUT2D eigenvalue weighted by Gasteiger charge is -2.31. The Hall–Kier alpha value is -1.07. The van der Waals surface area contributed by atoms with E-state index >= 15 is 0 Å². The zero-order chi connectivity index (χ0) is 14.6. The fraction of sp³-hybridized carbons (Fsp3) is 0.600. The number of halogens is 3. The van der Waals surface area contributed by atoms with Gasteiger partial charge in [0.05, 0.1) is 5.56 Å². The fourth-order valence-corrected chi connectivity index (χ4v) is 2.90. The van der Waals surface area contributed by atoms with Gasteiger partial charge < -0.3 is 5.32 Å². The van der Waals surface area contributed by atoms with Crippen molar-refractivity contribution < 1.29 is 13.2 Å². The third kappa shape index (κ3) is 3.52. The van der Waals surface area contributed by atoms with Crippen LogP contribution >= 0.6 is 0 Å². The van der Waals surface area contributed by atoms with E-state index < -0.39 is 11.7 Å². The first kappa shape index (κ1) is 15.3. The predicted molar refractivity (Wildman–Crippen MR) is 73.5 cm³/mol. The second kappa shape index (κ2) is 6.59. The van der Waals surface area contributed by atoms with Gasteiger partial charge in [0.15, 0.2) is 0 Å². The van der Waals surface area contributed by atoms with Gasteiger partial charge in [0, 0.05) is 25.7 Å². The van der Waals surface area contributed by atoms with Gasteiger partial charge in [-0.15, -0.1) is 0 Å². The first-order valence-electron chi connectivity index (χ1n) is 7.15. The maximum atomic E-state index is 13.2. The standard InChI is InChI=1S/C15H21F3N2/c1-2-14(20-10-5-8-19-9-11-20)12-6-3-4-7-13(12)15(16,17)18/h3-4,6-7,14,19H,2,5,8-11H2,1H3. The summed E-state index contributed by atoms with van der Waals surface area (Å²) in [6.07, 6.45) is -2.62. The molecular formula is C15H21F3N2. The molecule has 0 aliphatic carbocycles. The number of hydrogen-bond acceptors (Lipinski definition) is 2. The van der Waals surface area contributed by atoms with Crippen molar-refractivity contribution in [3.05, 3.63) is 35.4 Å². The average Bonchev–Trinajstić information content (AvgIpc) is 2.68. The van der Waals surface area contributed by atoms with Crippen molar-refractivity contribution in [2.75, 3.05) is 26.2 Å². The molecule has 1 fully saturated rings. The van der Waals surface area contributed by atoms with Crippen LogP contribution in [-0.2, 0) is 6.18 Å². The summed E-state index contributed by atoms with van der Waals surface area (Å²) in [6, 6.07) is 5.81. The molecule has 1 atom stereocenters.